The summed E-state index contributed by atoms with van der Waals surface area (Å²) < 4.78 is 6.02. The van der Waals surface area contributed by atoms with Crippen LogP contribution in [0.2, 0.25) is 0 Å². The lowest BCUT2D eigenvalue weighted by atomic mass is 10.1. The van der Waals surface area contributed by atoms with E-state index in [2.05, 4.69) is 36.1 Å². The van der Waals surface area contributed by atoms with E-state index in [1.807, 2.05) is 24.3 Å². The van der Waals surface area contributed by atoms with Gasteiger partial charge in [-0.1, -0.05) is 19.1 Å². The molecule has 0 spiro atoms. The molecule has 2 aromatic rings. The monoisotopic (exact) mass is 245 g/mol. The van der Waals surface area contributed by atoms with Crippen molar-refractivity contribution in [2.45, 2.75) is 32.8 Å². The molecular weight excluding hydrogens is 226 g/mol. The highest BCUT2D eigenvalue weighted by molar-refractivity contribution is 5.84. The fourth-order valence-corrected chi connectivity index (χ4v) is 1.57. The number of nitrogens with one attached hydrogen (secondary N) is 1. The van der Waals surface area contributed by atoms with Crippen LogP contribution in [0.25, 0.3) is 10.9 Å². The molecule has 0 aliphatic rings. The summed E-state index contributed by atoms with van der Waals surface area (Å²) in [5.74, 6) is 1.22. The lowest BCUT2D eigenvalue weighted by Crippen LogP contribution is -2.27. The number of hydrogen-bond acceptors (Lipinski definition) is 4. The maximum absolute atomic E-state index is 6.02. The molecule has 1 aromatic heterocycles. The van der Waals surface area contributed by atoms with Gasteiger partial charge in [0.25, 0.3) is 0 Å². The predicted octanol–water partition coefficient (Wildman–Crippen LogP) is 3.24. The molecule has 0 unspecified atom stereocenters. The van der Waals surface area contributed by atoms with Crippen LogP contribution in [-0.4, -0.2) is 22.6 Å². The van der Waals surface area contributed by atoms with Gasteiger partial charge in [-0.05, 0) is 32.4 Å². The van der Waals surface area contributed by atoms with Crippen molar-refractivity contribution in [3.05, 3.63) is 24.3 Å². The van der Waals surface area contributed by atoms with Gasteiger partial charge >= 0.3 is 0 Å². The second-order valence-electron chi connectivity index (χ2n) is 4.83. The van der Waals surface area contributed by atoms with Crippen LogP contribution in [0, 0.1) is 0 Å². The maximum atomic E-state index is 6.02. The first-order valence-corrected chi connectivity index (χ1v) is 6.19. The van der Waals surface area contributed by atoms with Crippen LogP contribution in [0.1, 0.15) is 27.2 Å². The largest absolute Gasteiger partial charge is 0.471 e. The first-order chi connectivity index (χ1) is 8.55. The molecule has 0 radical (unpaired) electrons. The fraction of sp³-hybridized carbons (Fsp3) is 0.429. The summed E-state index contributed by atoms with van der Waals surface area (Å²) in [7, 11) is 1.80. The highest BCUT2D eigenvalue weighted by atomic mass is 16.5. The van der Waals surface area contributed by atoms with Gasteiger partial charge in [-0.25, -0.2) is 4.98 Å². The minimum Gasteiger partial charge on any atom is -0.471 e. The second kappa shape index (κ2) is 4.80. The van der Waals surface area contributed by atoms with Crippen molar-refractivity contribution in [1.29, 1.82) is 0 Å². The van der Waals surface area contributed by atoms with E-state index in [-0.39, 0.29) is 5.60 Å². The number of ether oxygens (including phenoxy) is 1. The lowest BCUT2D eigenvalue weighted by Gasteiger charge is -2.24. The lowest BCUT2D eigenvalue weighted by molar-refractivity contribution is 0.101. The average Bonchev–Trinajstić information content (AvgIpc) is 2.38. The van der Waals surface area contributed by atoms with Gasteiger partial charge in [0.15, 0.2) is 0 Å². The number of para-hydroxylation sites is 1. The SMILES string of the molecule is CCC(C)(C)Oc1nc(NC)nc2ccccc12. The molecule has 2 rings (SSSR count). The van der Waals surface area contributed by atoms with Gasteiger partial charge in [-0.2, -0.15) is 4.98 Å². The fourth-order valence-electron chi connectivity index (χ4n) is 1.57. The minimum absolute atomic E-state index is 0.234. The molecule has 0 fully saturated rings. The number of hydrogen-bond donors (Lipinski definition) is 1. The summed E-state index contributed by atoms with van der Waals surface area (Å²) in [6.07, 6.45) is 0.917. The van der Waals surface area contributed by atoms with Gasteiger partial charge in [0.2, 0.25) is 11.8 Å². The Hall–Kier alpha value is -1.84. The van der Waals surface area contributed by atoms with Crippen LogP contribution in [0.3, 0.4) is 0 Å². The van der Waals surface area contributed by atoms with Crippen LogP contribution in [0.5, 0.6) is 5.88 Å². The number of nitrogens with zero attached hydrogens (tertiary/aromatic N) is 2. The van der Waals surface area contributed by atoms with Crippen molar-refractivity contribution in [1.82, 2.24) is 9.97 Å². The molecule has 4 heteroatoms. The summed E-state index contributed by atoms with van der Waals surface area (Å²) in [6, 6.07) is 7.87. The number of benzene rings is 1. The van der Waals surface area contributed by atoms with E-state index >= 15 is 0 Å². The zero-order chi connectivity index (χ0) is 13.2. The van der Waals surface area contributed by atoms with Crippen molar-refractivity contribution in [3.8, 4) is 5.88 Å². The van der Waals surface area contributed by atoms with E-state index in [4.69, 9.17) is 4.74 Å². The molecule has 96 valence electrons. The average molecular weight is 245 g/mol. The molecule has 0 saturated carbocycles. The number of rotatable bonds is 4. The van der Waals surface area contributed by atoms with Gasteiger partial charge in [0.1, 0.15) is 5.60 Å². The van der Waals surface area contributed by atoms with Crippen molar-refractivity contribution in [3.63, 3.8) is 0 Å². The smallest absolute Gasteiger partial charge is 0.226 e. The van der Waals surface area contributed by atoms with Crippen molar-refractivity contribution in [2.75, 3.05) is 12.4 Å². The van der Waals surface area contributed by atoms with E-state index in [1.54, 1.807) is 7.05 Å². The van der Waals surface area contributed by atoms with E-state index in [9.17, 15) is 0 Å². The summed E-state index contributed by atoms with van der Waals surface area (Å²) in [5.41, 5.74) is 0.654. The second-order valence-corrected chi connectivity index (χ2v) is 4.83. The Labute approximate surface area is 107 Å². The normalized spacial score (nSPS) is 11.6. The highest BCUT2D eigenvalue weighted by Gasteiger charge is 2.20. The number of fused-ring (bicyclic) bond motifs is 1. The van der Waals surface area contributed by atoms with Crippen LogP contribution in [0.4, 0.5) is 5.95 Å². The van der Waals surface area contributed by atoms with E-state index in [1.165, 1.54) is 0 Å². The van der Waals surface area contributed by atoms with Gasteiger partial charge < -0.3 is 10.1 Å². The topological polar surface area (TPSA) is 47.0 Å². The van der Waals surface area contributed by atoms with Gasteiger partial charge in [-0.3, -0.25) is 0 Å². The Morgan fingerprint density at radius 1 is 1.22 bits per heavy atom. The first-order valence-electron chi connectivity index (χ1n) is 6.19. The Morgan fingerprint density at radius 2 is 1.94 bits per heavy atom. The van der Waals surface area contributed by atoms with Crippen molar-refractivity contribution >= 4 is 16.9 Å². The van der Waals surface area contributed by atoms with Crippen LogP contribution >= 0.6 is 0 Å². The predicted molar refractivity (Wildman–Crippen MR) is 74.1 cm³/mol. The Bertz CT molecular complexity index is 552. The highest BCUT2D eigenvalue weighted by Crippen LogP contribution is 2.27. The van der Waals surface area contributed by atoms with Gasteiger partial charge in [0.05, 0.1) is 10.9 Å². The Kier molecular flexibility index (Phi) is 3.36. The zero-order valence-electron chi connectivity index (χ0n) is 11.3. The van der Waals surface area contributed by atoms with E-state index in [0.717, 1.165) is 17.3 Å². The molecule has 0 bridgehead atoms. The molecule has 0 aliphatic carbocycles. The van der Waals surface area contributed by atoms with Crippen LogP contribution < -0.4 is 10.1 Å². The molecule has 1 aromatic carbocycles. The first kappa shape index (κ1) is 12.6. The molecule has 0 atom stereocenters. The van der Waals surface area contributed by atoms with E-state index < -0.39 is 0 Å². The summed E-state index contributed by atoms with van der Waals surface area (Å²) in [4.78, 5) is 8.82. The van der Waals surface area contributed by atoms with Crippen LogP contribution in [-0.2, 0) is 0 Å². The Morgan fingerprint density at radius 3 is 2.61 bits per heavy atom. The van der Waals surface area contributed by atoms with Crippen LogP contribution in [0.15, 0.2) is 24.3 Å². The number of aromatic nitrogens is 2. The summed E-state index contributed by atoms with van der Waals surface area (Å²) >= 11 is 0. The molecule has 0 saturated heterocycles. The van der Waals surface area contributed by atoms with Gasteiger partial charge in [0, 0.05) is 7.05 Å². The number of anilines is 1. The van der Waals surface area contributed by atoms with Crippen molar-refractivity contribution < 1.29 is 4.74 Å². The quantitative estimate of drug-likeness (QED) is 0.898. The molecular formula is C14H19N3O. The Balaban J connectivity index is 2.53. The molecule has 1 N–H and O–H groups in total. The summed E-state index contributed by atoms with van der Waals surface area (Å²) in [5, 5.41) is 3.90. The third kappa shape index (κ3) is 2.53. The molecule has 0 aliphatic heterocycles. The molecule has 0 amide bonds. The van der Waals surface area contributed by atoms with Gasteiger partial charge in [-0.15, -0.1) is 0 Å². The molecule has 1 heterocycles. The molecule has 18 heavy (non-hydrogen) atoms. The summed E-state index contributed by atoms with van der Waals surface area (Å²) in [6.45, 7) is 6.22. The third-order valence-corrected chi connectivity index (χ3v) is 3.02. The third-order valence-electron chi connectivity index (χ3n) is 3.02. The van der Waals surface area contributed by atoms with Crippen molar-refractivity contribution in [2.24, 2.45) is 0 Å². The van der Waals surface area contributed by atoms with E-state index in [0.29, 0.717) is 11.8 Å². The molecule has 4 nitrogen and oxygen atoms in total. The maximum Gasteiger partial charge on any atom is 0.226 e. The minimum atomic E-state index is -0.234. The standard InChI is InChI=1S/C14H19N3O/c1-5-14(2,3)18-12-10-8-6-7-9-11(10)16-13(15-4)17-12/h6-9H,5H2,1-4H3,(H,15,16,17). The zero-order valence-corrected chi connectivity index (χ0v) is 11.3.